The fourth-order valence-electron chi connectivity index (χ4n) is 2.86. The molecule has 0 aliphatic carbocycles. The number of anilines is 1. The number of rotatable bonds is 5. The summed E-state index contributed by atoms with van der Waals surface area (Å²) in [6.45, 7) is 3.92. The van der Waals surface area contributed by atoms with Gasteiger partial charge in [0.25, 0.3) is 5.56 Å². The van der Waals surface area contributed by atoms with E-state index in [2.05, 4.69) is 10.3 Å². The fraction of sp³-hybridized carbons (Fsp3) is 0.389. The Morgan fingerprint density at radius 2 is 2.24 bits per heavy atom. The number of benzene rings is 1. The molecular formula is C18H21N3O3S. The van der Waals surface area contributed by atoms with Crippen LogP contribution in [0.3, 0.4) is 0 Å². The first-order valence-electron chi connectivity index (χ1n) is 8.21. The molecule has 2 heterocycles. The average Bonchev–Trinajstić information content (AvgIpc) is 2.98. The summed E-state index contributed by atoms with van der Waals surface area (Å²) in [6.07, 6.45) is 0.950. The van der Waals surface area contributed by atoms with E-state index >= 15 is 0 Å². The van der Waals surface area contributed by atoms with Crippen molar-refractivity contribution in [1.82, 2.24) is 9.55 Å². The number of ether oxygens (including phenoxy) is 1. The zero-order valence-corrected chi connectivity index (χ0v) is 15.4. The lowest BCUT2D eigenvalue weighted by Crippen LogP contribution is -2.27. The van der Waals surface area contributed by atoms with Gasteiger partial charge in [-0.1, -0.05) is 24.8 Å². The molecule has 0 spiro atoms. The van der Waals surface area contributed by atoms with E-state index in [-0.39, 0.29) is 23.9 Å². The second-order valence-corrected chi connectivity index (χ2v) is 7.00. The molecule has 2 aromatic rings. The maximum Gasteiger partial charge on any atom is 0.254 e. The highest BCUT2D eigenvalue weighted by Crippen LogP contribution is 2.33. The molecule has 1 amide bonds. The molecule has 6 nitrogen and oxygen atoms in total. The highest BCUT2D eigenvalue weighted by Gasteiger charge is 2.27. The third-order valence-corrected chi connectivity index (χ3v) is 5.25. The predicted molar refractivity (Wildman–Crippen MR) is 98.6 cm³/mol. The van der Waals surface area contributed by atoms with Gasteiger partial charge in [-0.3, -0.25) is 14.2 Å². The molecule has 0 bridgehead atoms. The van der Waals surface area contributed by atoms with Gasteiger partial charge >= 0.3 is 0 Å². The van der Waals surface area contributed by atoms with Crippen LogP contribution in [-0.2, 0) is 11.2 Å². The second kappa shape index (κ2) is 7.31. The van der Waals surface area contributed by atoms with E-state index in [4.69, 9.17) is 4.74 Å². The standard InChI is InChI=1S/C18H21N3O3S/c1-4-12-8-17(23)21-13(10-25-18(21)19-12)9-16(22)20-14-7-11(2)5-6-15(14)24-3/h5-8,13H,4,9-10H2,1-3H3,(H,20,22). The first kappa shape index (κ1) is 17.5. The van der Waals surface area contributed by atoms with Crippen molar-refractivity contribution in [1.29, 1.82) is 0 Å². The Labute approximate surface area is 150 Å². The molecule has 0 saturated carbocycles. The number of nitrogens with zero attached hydrogens (tertiary/aromatic N) is 2. The first-order valence-corrected chi connectivity index (χ1v) is 9.20. The maximum absolute atomic E-state index is 12.5. The smallest absolute Gasteiger partial charge is 0.254 e. The largest absolute Gasteiger partial charge is 0.495 e. The molecule has 1 aliphatic rings. The number of amides is 1. The van der Waals surface area contributed by atoms with Crippen molar-refractivity contribution in [2.45, 2.75) is 37.9 Å². The molecule has 1 aliphatic heterocycles. The topological polar surface area (TPSA) is 73.2 Å². The summed E-state index contributed by atoms with van der Waals surface area (Å²) in [5.74, 6) is 1.15. The highest BCUT2D eigenvalue weighted by atomic mass is 32.2. The highest BCUT2D eigenvalue weighted by molar-refractivity contribution is 7.99. The number of aromatic nitrogens is 2. The Morgan fingerprint density at radius 1 is 1.44 bits per heavy atom. The number of carbonyl (C=O) groups excluding carboxylic acids is 1. The summed E-state index contributed by atoms with van der Waals surface area (Å²) in [5.41, 5.74) is 2.38. The second-order valence-electron chi connectivity index (χ2n) is 6.01. The van der Waals surface area contributed by atoms with Gasteiger partial charge in [0.15, 0.2) is 5.16 Å². The minimum absolute atomic E-state index is 0.0854. The van der Waals surface area contributed by atoms with Crippen molar-refractivity contribution >= 4 is 23.4 Å². The Kier molecular flexibility index (Phi) is 5.13. The van der Waals surface area contributed by atoms with Crippen molar-refractivity contribution in [3.05, 3.63) is 45.9 Å². The van der Waals surface area contributed by atoms with Gasteiger partial charge in [-0.15, -0.1) is 0 Å². The van der Waals surface area contributed by atoms with Crippen LogP contribution < -0.4 is 15.6 Å². The third-order valence-electron chi connectivity index (χ3n) is 4.16. The van der Waals surface area contributed by atoms with Crippen molar-refractivity contribution < 1.29 is 9.53 Å². The monoisotopic (exact) mass is 359 g/mol. The number of methoxy groups -OCH3 is 1. The molecule has 0 saturated heterocycles. The zero-order chi connectivity index (χ0) is 18.0. The Hall–Kier alpha value is -2.28. The van der Waals surface area contributed by atoms with Crippen LogP contribution in [0.1, 0.15) is 30.6 Å². The van der Waals surface area contributed by atoms with Gasteiger partial charge in [-0.2, -0.15) is 0 Å². The quantitative estimate of drug-likeness (QED) is 0.831. The van der Waals surface area contributed by atoms with E-state index < -0.39 is 0 Å². The number of thioether (sulfide) groups is 1. The molecule has 1 N–H and O–H groups in total. The summed E-state index contributed by atoms with van der Waals surface area (Å²) in [5, 5.41) is 3.60. The fourth-order valence-corrected chi connectivity index (χ4v) is 4.03. The van der Waals surface area contributed by atoms with Crippen LogP contribution in [0.4, 0.5) is 5.69 Å². The molecular weight excluding hydrogens is 338 g/mol. The Morgan fingerprint density at radius 3 is 2.96 bits per heavy atom. The third kappa shape index (κ3) is 3.71. The van der Waals surface area contributed by atoms with Crippen LogP contribution in [0.5, 0.6) is 5.75 Å². The average molecular weight is 359 g/mol. The summed E-state index contributed by atoms with van der Waals surface area (Å²) in [7, 11) is 1.57. The summed E-state index contributed by atoms with van der Waals surface area (Å²) < 4.78 is 6.92. The van der Waals surface area contributed by atoms with Crippen LogP contribution in [-0.4, -0.2) is 28.3 Å². The van der Waals surface area contributed by atoms with Crippen molar-refractivity contribution in [3.63, 3.8) is 0 Å². The zero-order valence-electron chi connectivity index (χ0n) is 14.5. The molecule has 25 heavy (non-hydrogen) atoms. The minimum Gasteiger partial charge on any atom is -0.495 e. The molecule has 1 aromatic carbocycles. The number of fused-ring (bicyclic) bond motifs is 1. The van der Waals surface area contributed by atoms with Gasteiger partial charge in [0.05, 0.1) is 18.8 Å². The number of nitrogens with one attached hydrogen (secondary N) is 1. The minimum atomic E-state index is -0.179. The maximum atomic E-state index is 12.5. The molecule has 7 heteroatoms. The van der Waals surface area contributed by atoms with Crippen LogP contribution in [0, 0.1) is 6.92 Å². The lowest BCUT2D eigenvalue weighted by Gasteiger charge is -2.15. The van der Waals surface area contributed by atoms with E-state index in [1.54, 1.807) is 17.7 Å². The van der Waals surface area contributed by atoms with E-state index in [0.717, 1.165) is 17.7 Å². The number of hydrogen-bond acceptors (Lipinski definition) is 5. The molecule has 1 atom stereocenters. The van der Waals surface area contributed by atoms with Crippen molar-refractivity contribution in [2.75, 3.05) is 18.2 Å². The predicted octanol–water partition coefficient (Wildman–Crippen LogP) is 2.80. The van der Waals surface area contributed by atoms with E-state index in [9.17, 15) is 9.59 Å². The van der Waals surface area contributed by atoms with Crippen LogP contribution in [0.25, 0.3) is 0 Å². The number of hydrogen-bond donors (Lipinski definition) is 1. The molecule has 1 unspecified atom stereocenters. The van der Waals surface area contributed by atoms with Gasteiger partial charge in [0.1, 0.15) is 5.75 Å². The van der Waals surface area contributed by atoms with Gasteiger partial charge in [0, 0.05) is 23.9 Å². The Bertz CT molecular complexity index is 863. The lowest BCUT2D eigenvalue weighted by atomic mass is 10.2. The summed E-state index contributed by atoms with van der Waals surface area (Å²) in [6, 6.07) is 7.00. The summed E-state index contributed by atoms with van der Waals surface area (Å²) in [4.78, 5) is 29.3. The van der Waals surface area contributed by atoms with Crippen LogP contribution in [0.15, 0.2) is 34.2 Å². The van der Waals surface area contributed by atoms with Gasteiger partial charge in [-0.25, -0.2) is 4.98 Å². The Balaban J connectivity index is 1.76. The van der Waals surface area contributed by atoms with Crippen LogP contribution >= 0.6 is 11.8 Å². The number of aryl methyl sites for hydroxylation is 2. The van der Waals surface area contributed by atoms with Crippen molar-refractivity contribution in [3.8, 4) is 5.75 Å². The molecule has 3 rings (SSSR count). The summed E-state index contributed by atoms with van der Waals surface area (Å²) >= 11 is 1.53. The van der Waals surface area contributed by atoms with Gasteiger partial charge in [0.2, 0.25) is 5.91 Å². The van der Waals surface area contributed by atoms with E-state index in [1.807, 2.05) is 32.0 Å². The molecule has 0 fully saturated rings. The molecule has 1 aromatic heterocycles. The van der Waals surface area contributed by atoms with Crippen LogP contribution in [0.2, 0.25) is 0 Å². The van der Waals surface area contributed by atoms with Crippen molar-refractivity contribution in [2.24, 2.45) is 0 Å². The normalized spacial score (nSPS) is 15.7. The first-order chi connectivity index (χ1) is 12.0. The lowest BCUT2D eigenvalue weighted by molar-refractivity contribution is -0.116. The van der Waals surface area contributed by atoms with E-state index in [1.165, 1.54) is 11.8 Å². The van der Waals surface area contributed by atoms with Gasteiger partial charge < -0.3 is 10.1 Å². The number of carbonyl (C=O) groups is 1. The SMILES string of the molecule is CCc1cc(=O)n2c(n1)SCC2CC(=O)Nc1cc(C)ccc1OC. The molecule has 0 radical (unpaired) electrons. The molecule has 132 valence electrons. The van der Waals surface area contributed by atoms with Gasteiger partial charge in [-0.05, 0) is 31.0 Å². The van der Waals surface area contributed by atoms with E-state index in [0.29, 0.717) is 22.3 Å².